The lowest BCUT2D eigenvalue weighted by atomic mass is 9.48. The number of rotatable bonds is 6. The van der Waals surface area contributed by atoms with Crippen molar-refractivity contribution >= 4 is 15.9 Å². The summed E-state index contributed by atoms with van der Waals surface area (Å²) in [6.07, 6.45) is 8.04. The molecule has 4 aliphatic carbocycles. The van der Waals surface area contributed by atoms with Crippen molar-refractivity contribution in [3.63, 3.8) is 0 Å². The van der Waals surface area contributed by atoms with Crippen molar-refractivity contribution in [1.82, 2.24) is 0 Å². The smallest absolute Gasteiger partial charge is 0.196 e. The van der Waals surface area contributed by atoms with Gasteiger partial charge in [-0.2, -0.15) is 0 Å². The normalized spacial score (nSPS) is 35.0. The van der Waals surface area contributed by atoms with Crippen LogP contribution in [0.2, 0.25) is 0 Å². The second-order valence-corrected chi connectivity index (χ2v) is 8.49. The van der Waals surface area contributed by atoms with E-state index in [1.54, 1.807) is 7.11 Å². The van der Waals surface area contributed by atoms with Crippen LogP contribution in [-0.2, 0) is 10.2 Å². The van der Waals surface area contributed by atoms with E-state index in [0.717, 1.165) is 29.3 Å². The van der Waals surface area contributed by atoms with Gasteiger partial charge in [-0.3, -0.25) is 0 Å². The van der Waals surface area contributed by atoms with E-state index in [4.69, 9.17) is 14.2 Å². The van der Waals surface area contributed by atoms with E-state index < -0.39 is 0 Å². The zero-order valence-corrected chi connectivity index (χ0v) is 16.2. The van der Waals surface area contributed by atoms with E-state index in [-0.39, 0.29) is 11.7 Å². The van der Waals surface area contributed by atoms with Crippen LogP contribution in [0.15, 0.2) is 18.2 Å². The van der Waals surface area contributed by atoms with Crippen molar-refractivity contribution in [3.05, 3.63) is 23.8 Å². The lowest BCUT2D eigenvalue weighted by Gasteiger charge is -2.57. The zero-order chi connectivity index (χ0) is 16.7. The standard InChI is InChI=1S/C20H27BrO3/c1-13(22-2)24-19-4-3-17(23-12-21)8-18(19)20-9-14-5-15(10-20)7-16(6-14)11-20/h3-4,8,13-16H,5-7,9-12H2,1-2H3. The van der Waals surface area contributed by atoms with Crippen molar-refractivity contribution in [1.29, 1.82) is 0 Å². The summed E-state index contributed by atoms with van der Waals surface area (Å²) in [5, 5.41) is 0. The number of methoxy groups -OCH3 is 1. The molecule has 5 rings (SSSR count). The minimum atomic E-state index is -0.236. The zero-order valence-electron chi connectivity index (χ0n) is 14.6. The molecule has 4 aliphatic rings. The molecule has 0 aromatic heterocycles. The van der Waals surface area contributed by atoms with Crippen molar-refractivity contribution in [3.8, 4) is 11.5 Å². The number of ether oxygens (including phenoxy) is 3. The molecule has 4 heteroatoms. The Balaban J connectivity index is 1.72. The molecule has 132 valence electrons. The quantitative estimate of drug-likeness (QED) is 0.486. The van der Waals surface area contributed by atoms with E-state index in [1.807, 2.05) is 13.0 Å². The van der Waals surface area contributed by atoms with Gasteiger partial charge in [-0.15, -0.1) is 0 Å². The van der Waals surface area contributed by atoms with Gasteiger partial charge in [-0.25, -0.2) is 0 Å². The highest BCUT2D eigenvalue weighted by molar-refractivity contribution is 9.09. The molecule has 0 amide bonds. The summed E-state index contributed by atoms with van der Waals surface area (Å²) in [5.41, 5.74) is 2.15. The molecule has 0 radical (unpaired) electrons. The molecule has 0 aliphatic heterocycles. The Morgan fingerprint density at radius 2 is 1.75 bits per heavy atom. The first-order chi connectivity index (χ1) is 11.6. The molecule has 24 heavy (non-hydrogen) atoms. The lowest BCUT2D eigenvalue weighted by molar-refractivity contribution is -0.0436. The molecular weight excluding hydrogens is 368 g/mol. The average molecular weight is 395 g/mol. The summed E-state index contributed by atoms with van der Waals surface area (Å²) in [4.78, 5) is 0. The third kappa shape index (κ3) is 2.96. The van der Waals surface area contributed by atoms with Crippen LogP contribution in [0.3, 0.4) is 0 Å². The van der Waals surface area contributed by atoms with Gasteiger partial charge in [0.15, 0.2) is 6.29 Å². The Hall–Kier alpha value is -0.740. The maximum atomic E-state index is 6.13. The predicted octanol–water partition coefficient (Wildman–Crippen LogP) is 5.26. The molecule has 1 aromatic carbocycles. The van der Waals surface area contributed by atoms with E-state index in [2.05, 4.69) is 28.1 Å². The van der Waals surface area contributed by atoms with Crippen LogP contribution in [0.1, 0.15) is 51.0 Å². The summed E-state index contributed by atoms with van der Waals surface area (Å²) in [6, 6.07) is 6.30. The van der Waals surface area contributed by atoms with Gasteiger partial charge in [0.05, 0.1) is 0 Å². The SMILES string of the molecule is COC(C)Oc1ccc(OCBr)cc1C12CC3CC(CC(C3)C1)C2. The number of hydrogen-bond acceptors (Lipinski definition) is 3. The monoisotopic (exact) mass is 394 g/mol. The van der Waals surface area contributed by atoms with Crippen molar-refractivity contribution in [2.24, 2.45) is 17.8 Å². The minimum absolute atomic E-state index is 0.236. The van der Waals surface area contributed by atoms with E-state index in [9.17, 15) is 0 Å². The fraction of sp³-hybridized carbons (Fsp3) is 0.700. The van der Waals surface area contributed by atoms with Gasteiger partial charge in [0.1, 0.15) is 17.0 Å². The van der Waals surface area contributed by atoms with Gasteiger partial charge in [0.25, 0.3) is 0 Å². The fourth-order valence-electron chi connectivity index (χ4n) is 5.85. The van der Waals surface area contributed by atoms with Gasteiger partial charge in [0.2, 0.25) is 0 Å². The van der Waals surface area contributed by atoms with Crippen LogP contribution in [0, 0.1) is 17.8 Å². The summed E-state index contributed by atoms with van der Waals surface area (Å²) < 4.78 is 17.2. The van der Waals surface area contributed by atoms with E-state index in [1.165, 1.54) is 44.1 Å². The van der Waals surface area contributed by atoms with Crippen LogP contribution >= 0.6 is 15.9 Å². The lowest BCUT2D eigenvalue weighted by Crippen LogP contribution is -2.48. The molecule has 1 aromatic rings. The van der Waals surface area contributed by atoms with E-state index in [0.29, 0.717) is 5.52 Å². The van der Waals surface area contributed by atoms with Crippen molar-refractivity contribution in [2.45, 2.75) is 57.2 Å². The third-order valence-corrected chi connectivity index (χ3v) is 6.64. The minimum Gasteiger partial charge on any atom is -0.482 e. The first kappa shape index (κ1) is 16.7. The Morgan fingerprint density at radius 1 is 1.12 bits per heavy atom. The van der Waals surface area contributed by atoms with Crippen molar-refractivity contribution in [2.75, 3.05) is 12.6 Å². The molecule has 0 saturated heterocycles. The first-order valence-electron chi connectivity index (χ1n) is 9.14. The molecule has 0 N–H and O–H groups in total. The molecule has 1 atom stereocenters. The first-order valence-corrected chi connectivity index (χ1v) is 10.3. The maximum Gasteiger partial charge on any atom is 0.196 e. The Bertz CT molecular complexity index is 565. The molecule has 1 unspecified atom stereocenters. The van der Waals surface area contributed by atoms with Crippen LogP contribution in [0.4, 0.5) is 0 Å². The largest absolute Gasteiger partial charge is 0.482 e. The highest BCUT2D eigenvalue weighted by Crippen LogP contribution is 2.62. The second kappa shape index (κ2) is 6.53. The third-order valence-electron chi connectivity index (χ3n) is 6.41. The number of hydrogen-bond donors (Lipinski definition) is 0. The fourth-order valence-corrected chi connectivity index (χ4v) is 6.11. The summed E-state index contributed by atoms with van der Waals surface area (Å²) in [6.45, 7) is 1.95. The number of benzene rings is 1. The Labute approximate surface area is 153 Å². The maximum absolute atomic E-state index is 6.13. The number of alkyl halides is 1. The van der Waals surface area contributed by atoms with Crippen molar-refractivity contribution < 1.29 is 14.2 Å². The van der Waals surface area contributed by atoms with Crippen LogP contribution < -0.4 is 9.47 Å². The topological polar surface area (TPSA) is 27.7 Å². The van der Waals surface area contributed by atoms with E-state index >= 15 is 0 Å². The van der Waals surface area contributed by atoms with Gasteiger partial charge in [-0.05, 0) is 103 Å². The summed E-state index contributed by atoms with van der Waals surface area (Å²) in [5.74, 6) is 4.63. The van der Waals surface area contributed by atoms with Gasteiger partial charge in [-0.1, -0.05) is 0 Å². The van der Waals surface area contributed by atoms with Gasteiger partial charge in [0, 0.05) is 12.7 Å². The highest BCUT2D eigenvalue weighted by Gasteiger charge is 2.52. The van der Waals surface area contributed by atoms with Crippen LogP contribution in [0.5, 0.6) is 11.5 Å². The van der Waals surface area contributed by atoms with Gasteiger partial charge < -0.3 is 14.2 Å². The molecular formula is C20H27BrO3. The molecule has 0 spiro atoms. The highest BCUT2D eigenvalue weighted by atomic mass is 79.9. The van der Waals surface area contributed by atoms with Crippen LogP contribution in [-0.4, -0.2) is 18.9 Å². The van der Waals surface area contributed by atoms with Crippen LogP contribution in [0.25, 0.3) is 0 Å². The summed E-state index contributed by atoms with van der Waals surface area (Å²) >= 11 is 3.37. The molecule has 4 bridgehead atoms. The predicted molar refractivity (Wildman–Crippen MR) is 97.8 cm³/mol. The summed E-state index contributed by atoms with van der Waals surface area (Å²) in [7, 11) is 1.69. The molecule has 4 fully saturated rings. The Kier molecular flexibility index (Phi) is 4.55. The second-order valence-electron chi connectivity index (χ2n) is 8.03. The molecule has 3 nitrogen and oxygen atoms in total. The molecule has 0 heterocycles. The molecule has 4 saturated carbocycles. The average Bonchev–Trinajstić information content (AvgIpc) is 2.55. The Morgan fingerprint density at radius 3 is 2.29 bits per heavy atom. The van der Waals surface area contributed by atoms with Gasteiger partial charge >= 0.3 is 0 Å². The number of halogens is 1.